The summed E-state index contributed by atoms with van der Waals surface area (Å²) in [6.45, 7) is 3.92. The van der Waals surface area contributed by atoms with E-state index >= 15 is 0 Å². The molecule has 1 heterocycles. The predicted molar refractivity (Wildman–Crippen MR) is 51.7 cm³/mol. The van der Waals surface area contributed by atoms with E-state index in [9.17, 15) is 4.79 Å². The van der Waals surface area contributed by atoms with Gasteiger partial charge in [0.1, 0.15) is 0 Å². The van der Waals surface area contributed by atoms with Crippen molar-refractivity contribution in [1.82, 2.24) is 0 Å². The van der Waals surface area contributed by atoms with E-state index in [4.69, 9.17) is 4.74 Å². The second-order valence-electron chi connectivity index (χ2n) is 3.19. The zero-order valence-electron chi connectivity index (χ0n) is 6.84. The Balaban J connectivity index is 2.58. The molecule has 0 N–H and O–H groups in total. The monoisotopic (exact) mass is 268 g/mol. The van der Waals surface area contributed by atoms with Gasteiger partial charge in [-0.05, 0) is 19.3 Å². The molecule has 1 aliphatic heterocycles. The SMILES string of the molecule is C[C@@H]1C[C@@H](CI)[C@H](C)C(=O)O1. The van der Waals surface area contributed by atoms with Crippen molar-refractivity contribution in [2.45, 2.75) is 26.4 Å². The topological polar surface area (TPSA) is 26.3 Å². The molecule has 0 aromatic heterocycles. The smallest absolute Gasteiger partial charge is 0.309 e. The van der Waals surface area contributed by atoms with Gasteiger partial charge in [-0.2, -0.15) is 0 Å². The highest BCUT2D eigenvalue weighted by atomic mass is 127. The van der Waals surface area contributed by atoms with Crippen molar-refractivity contribution in [3.63, 3.8) is 0 Å². The van der Waals surface area contributed by atoms with Crippen molar-refractivity contribution in [2.75, 3.05) is 4.43 Å². The van der Waals surface area contributed by atoms with Gasteiger partial charge in [-0.1, -0.05) is 29.5 Å². The minimum atomic E-state index is -0.0228. The highest BCUT2D eigenvalue weighted by Crippen LogP contribution is 2.27. The van der Waals surface area contributed by atoms with Gasteiger partial charge in [0.2, 0.25) is 0 Å². The van der Waals surface area contributed by atoms with Crippen LogP contribution in [0.3, 0.4) is 0 Å². The number of cyclic esters (lactones) is 1. The zero-order valence-corrected chi connectivity index (χ0v) is 9.00. The van der Waals surface area contributed by atoms with Crippen LogP contribution in [0.25, 0.3) is 0 Å². The molecular formula is C8H13IO2. The minimum absolute atomic E-state index is 0.0228. The lowest BCUT2D eigenvalue weighted by Crippen LogP contribution is -2.35. The number of ether oxygens (including phenoxy) is 1. The first-order chi connectivity index (χ1) is 5.15. The molecule has 0 amide bonds. The summed E-state index contributed by atoms with van der Waals surface area (Å²) in [4.78, 5) is 11.1. The molecule has 1 rings (SSSR count). The molecule has 0 saturated carbocycles. The van der Waals surface area contributed by atoms with Crippen LogP contribution in [0.1, 0.15) is 20.3 Å². The van der Waals surface area contributed by atoms with Crippen molar-refractivity contribution >= 4 is 28.6 Å². The fraction of sp³-hybridized carbons (Fsp3) is 0.875. The highest BCUT2D eigenvalue weighted by molar-refractivity contribution is 14.1. The fourth-order valence-electron chi connectivity index (χ4n) is 1.37. The van der Waals surface area contributed by atoms with E-state index in [1.54, 1.807) is 0 Å². The van der Waals surface area contributed by atoms with E-state index < -0.39 is 0 Å². The Morgan fingerprint density at radius 1 is 1.64 bits per heavy atom. The summed E-state index contributed by atoms with van der Waals surface area (Å²) in [5, 5.41) is 0. The molecule has 3 atom stereocenters. The number of hydrogen-bond acceptors (Lipinski definition) is 2. The Morgan fingerprint density at radius 3 is 2.82 bits per heavy atom. The third-order valence-corrected chi connectivity index (χ3v) is 3.36. The molecule has 0 spiro atoms. The molecule has 0 aliphatic carbocycles. The first kappa shape index (κ1) is 9.29. The lowest BCUT2D eigenvalue weighted by atomic mass is 9.88. The second kappa shape index (κ2) is 3.74. The van der Waals surface area contributed by atoms with Crippen LogP contribution in [-0.2, 0) is 9.53 Å². The van der Waals surface area contributed by atoms with E-state index in [-0.39, 0.29) is 18.0 Å². The van der Waals surface area contributed by atoms with Crippen molar-refractivity contribution < 1.29 is 9.53 Å². The molecule has 3 heteroatoms. The number of alkyl halides is 1. The zero-order chi connectivity index (χ0) is 8.43. The van der Waals surface area contributed by atoms with Crippen LogP contribution in [0, 0.1) is 11.8 Å². The summed E-state index contributed by atoms with van der Waals surface area (Å²) < 4.78 is 6.14. The molecule has 0 unspecified atom stereocenters. The summed E-state index contributed by atoms with van der Waals surface area (Å²) in [5.41, 5.74) is 0. The Morgan fingerprint density at radius 2 is 2.27 bits per heavy atom. The van der Waals surface area contributed by atoms with E-state index in [2.05, 4.69) is 22.6 Å². The predicted octanol–water partition coefficient (Wildman–Crippen LogP) is 2.01. The molecule has 0 aromatic rings. The summed E-state index contributed by atoms with van der Waals surface area (Å²) >= 11 is 2.33. The van der Waals surface area contributed by atoms with Gasteiger partial charge in [0.15, 0.2) is 0 Å². The minimum Gasteiger partial charge on any atom is -0.462 e. The molecule has 1 aliphatic rings. The van der Waals surface area contributed by atoms with Gasteiger partial charge < -0.3 is 4.74 Å². The lowest BCUT2D eigenvalue weighted by Gasteiger charge is -2.30. The molecule has 1 fully saturated rings. The summed E-state index contributed by atoms with van der Waals surface area (Å²) in [6.07, 6.45) is 1.15. The van der Waals surface area contributed by atoms with Gasteiger partial charge in [-0.15, -0.1) is 0 Å². The quantitative estimate of drug-likeness (QED) is 0.413. The standard InChI is InChI=1S/C8H13IO2/c1-5-3-7(4-9)6(2)8(10)11-5/h5-7H,3-4H2,1-2H3/t5-,6+,7+/m1/s1. The van der Waals surface area contributed by atoms with Gasteiger partial charge in [0.25, 0.3) is 0 Å². The maximum atomic E-state index is 11.1. The Kier molecular flexibility index (Phi) is 3.16. The molecule has 0 radical (unpaired) electrons. The number of hydrogen-bond donors (Lipinski definition) is 0. The van der Waals surface area contributed by atoms with Gasteiger partial charge in [-0.3, -0.25) is 4.79 Å². The largest absolute Gasteiger partial charge is 0.462 e. The van der Waals surface area contributed by atoms with Crippen LogP contribution < -0.4 is 0 Å². The van der Waals surface area contributed by atoms with Crippen LogP contribution in [-0.4, -0.2) is 16.5 Å². The van der Waals surface area contributed by atoms with Gasteiger partial charge in [0.05, 0.1) is 12.0 Å². The normalized spacial score (nSPS) is 38.5. The third-order valence-electron chi connectivity index (χ3n) is 2.23. The van der Waals surface area contributed by atoms with E-state index in [0.29, 0.717) is 5.92 Å². The maximum Gasteiger partial charge on any atom is 0.309 e. The first-order valence-electron chi connectivity index (χ1n) is 3.91. The fourth-order valence-corrected chi connectivity index (χ4v) is 2.50. The molecule has 0 bridgehead atoms. The van der Waals surface area contributed by atoms with Crippen LogP contribution in [0.15, 0.2) is 0 Å². The van der Waals surface area contributed by atoms with E-state index in [0.717, 1.165) is 10.8 Å². The van der Waals surface area contributed by atoms with E-state index in [1.165, 1.54) is 0 Å². The van der Waals surface area contributed by atoms with Crippen LogP contribution in [0.2, 0.25) is 0 Å². The van der Waals surface area contributed by atoms with Crippen LogP contribution in [0.4, 0.5) is 0 Å². The van der Waals surface area contributed by atoms with Crippen LogP contribution >= 0.6 is 22.6 Å². The number of esters is 1. The van der Waals surface area contributed by atoms with Gasteiger partial charge in [-0.25, -0.2) is 0 Å². The van der Waals surface area contributed by atoms with Crippen LogP contribution in [0.5, 0.6) is 0 Å². The molecule has 11 heavy (non-hydrogen) atoms. The maximum absolute atomic E-state index is 11.1. The molecule has 0 aromatic carbocycles. The lowest BCUT2D eigenvalue weighted by molar-refractivity contribution is -0.161. The molecular weight excluding hydrogens is 255 g/mol. The Labute approximate surface area is 80.8 Å². The Hall–Kier alpha value is 0.200. The highest BCUT2D eigenvalue weighted by Gasteiger charge is 2.32. The number of halogens is 1. The third kappa shape index (κ3) is 2.07. The average molecular weight is 268 g/mol. The molecule has 1 saturated heterocycles. The number of carbonyl (C=O) groups excluding carboxylic acids is 1. The Bertz CT molecular complexity index is 158. The van der Waals surface area contributed by atoms with Crippen molar-refractivity contribution in [3.05, 3.63) is 0 Å². The van der Waals surface area contributed by atoms with Crippen molar-refractivity contribution in [2.24, 2.45) is 11.8 Å². The summed E-state index contributed by atoms with van der Waals surface area (Å²) in [7, 11) is 0. The summed E-state index contributed by atoms with van der Waals surface area (Å²) in [6, 6.07) is 0. The van der Waals surface area contributed by atoms with Crippen molar-refractivity contribution in [1.29, 1.82) is 0 Å². The molecule has 2 nitrogen and oxygen atoms in total. The van der Waals surface area contributed by atoms with Gasteiger partial charge in [0, 0.05) is 4.43 Å². The second-order valence-corrected chi connectivity index (χ2v) is 4.07. The van der Waals surface area contributed by atoms with E-state index in [1.807, 2.05) is 13.8 Å². The van der Waals surface area contributed by atoms with Crippen molar-refractivity contribution in [3.8, 4) is 0 Å². The first-order valence-corrected chi connectivity index (χ1v) is 5.44. The summed E-state index contributed by atoms with van der Waals surface area (Å²) in [5.74, 6) is 0.598. The average Bonchev–Trinajstić information content (AvgIpc) is 1.96. The number of rotatable bonds is 1. The van der Waals surface area contributed by atoms with Gasteiger partial charge >= 0.3 is 5.97 Å². The molecule has 64 valence electrons. The number of carbonyl (C=O) groups is 1.